The molecule has 0 radical (unpaired) electrons. The summed E-state index contributed by atoms with van der Waals surface area (Å²) in [6.07, 6.45) is -0.980. The first-order chi connectivity index (χ1) is 18.2. The van der Waals surface area contributed by atoms with Crippen molar-refractivity contribution in [1.29, 1.82) is 0 Å². The molecular formula is C26H56N4O8. The Morgan fingerprint density at radius 2 is 1.58 bits per heavy atom. The maximum absolute atomic E-state index is 10.5. The lowest BCUT2D eigenvalue weighted by Crippen LogP contribution is -2.65. The van der Waals surface area contributed by atoms with Crippen molar-refractivity contribution in [2.24, 2.45) is 5.73 Å². The van der Waals surface area contributed by atoms with E-state index >= 15 is 0 Å². The number of ether oxygens (including phenoxy) is 4. The maximum atomic E-state index is 10.5. The van der Waals surface area contributed by atoms with Crippen molar-refractivity contribution < 1.29 is 39.4 Å². The van der Waals surface area contributed by atoms with Crippen molar-refractivity contribution in [1.82, 2.24) is 16.0 Å². The number of aliphatic hydroxyl groups excluding tert-OH is 4. The van der Waals surface area contributed by atoms with Crippen LogP contribution >= 0.6 is 0 Å². The molecule has 0 aromatic rings. The first kappa shape index (κ1) is 35.5. The first-order valence-corrected chi connectivity index (χ1v) is 14.1. The molecule has 4 unspecified atom stereocenters. The van der Waals surface area contributed by atoms with Gasteiger partial charge in [-0.1, -0.05) is 6.92 Å². The van der Waals surface area contributed by atoms with Gasteiger partial charge in [-0.25, -0.2) is 0 Å². The van der Waals surface area contributed by atoms with Crippen LogP contribution in [0.15, 0.2) is 0 Å². The highest BCUT2D eigenvalue weighted by atomic mass is 16.7. The summed E-state index contributed by atoms with van der Waals surface area (Å²) < 4.78 is 23.1. The molecule has 0 aromatic carbocycles. The number of hydrogen-bond acceptors (Lipinski definition) is 12. The molecule has 0 saturated carbocycles. The Morgan fingerprint density at radius 1 is 0.974 bits per heavy atom. The fourth-order valence-corrected chi connectivity index (χ4v) is 4.36. The third-order valence-corrected chi connectivity index (χ3v) is 6.78. The van der Waals surface area contributed by atoms with E-state index in [2.05, 4.69) is 16.0 Å². The lowest BCUT2D eigenvalue weighted by molar-refractivity contribution is -0.341. The quantitative estimate of drug-likeness (QED) is 0.0702. The molecular weight excluding hydrogens is 496 g/mol. The van der Waals surface area contributed by atoms with Crippen LogP contribution in [-0.2, 0) is 18.9 Å². The van der Waals surface area contributed by atoms with E-state index in [0.717, 1.165) is 65.0 Å². The Kier molecular flexibility index (Phi) is 18.3. The number of nitrogens with two attached hydrogens (primary N) is 1. The highest BCUT2D eigenvalue weighted by molar-refractivity contribution is 4.98. The largest absolute Gasteiger partial charge is 0.394 e. The van der Waals surface area contributed by atoms with Gasteiger partial charge in [-0.3, -0.25) is 0 Å². The van der Waals surface area contributed by atoms with Gasteiger partial charge >= 0.3 is 0 Å². The molecule has 1 rings (SSSR count). The van der Waals surface area contributed by atoms with E-state index in [1.807, 2.05) is 13.8 Å². The minimum atomic E-state index is -1.46. The maximum Gasteiger partial charge on any atom is 0.187 e. The van der Waals surface area contributed by atoms with E-state index in [1.54, 1.807) is 6.92 Å². The fraction of sp³-hybridized carbons (Fsp3) is 1.00. The minimum Gasteiger partial charge on any atom is -0.394 e. The van der Waals surface area contributed by atoms with Gasteiger partial charge in [-0.05, 0) is 85.2 Å². The summed E-state index contributed by atoms with van der Waals surface area (Å²) in [6, 6.07) is 0. The highest BCUT2D eigenvalue weighted by Gasteiger charge is 2.51. The van der Waals surface area contributed by atoms with E-state index in [4.69, 9.17) is 24.7 Å². The number of rotatable bonds is 23. The number of hydrogen-bond donors (Lipinski definition) is 8. The molecule has 7 atom stereocenters. The van der Waals surface area contributed by atoms with E-state index < -0.39 is 35.8 Å². The topological polar surface area (TPSA) is 180 Å². The lowest BCUT2D eigenvalue weighted by Gasteiger charge is -2.47. The molecule has 9 N–H and O–H groups in total. The van der Waals surface area contributed by atoms with Crippen LogP contribution in [0.1, 0.15) is 52.9 Å². The van der Waals surface area contributed by atoms with E-state index in [-0.39, 0.29) is 25.9 Å². The summed E-state index contributed by atoms with van der Waals surface area (Å²) in [6.45, 7) is 11.1. The predicted octanol–water partition coefficient (Wildman–Crippen LogP) is -1.32. The molecule has 12 heteroatoms. The second-order valence-electron chi connectivity index (χ2n) is 10.6. The van der Waals surface area contributed by atoms with Crippen molar-refractivity contribution in [3.05, 3.63) is 0 Å². The molecule has 0 bridgehead atoms. The van der Waals surface area contributed by atoms with Gasteiger partial charge in [0.15, 0.2) is 6.29 Å². The molecule has 0 aliphatic carbocycles. The van der Waals surface area contributed by atoms with Gasteiger partial charge in [0.25, 0.3) is 0 Å². The van der Waals surface area contributed by atoms with Crippen molar-refractivity contribution in [3.63, 3.8) is 0 Å². The predicted molar refractivity (Wildman–Crippen MR) is 146 cm³/mol. The second-order valence-corrected chi connectivity index (χ2v) is 10.6. The number of aliphatic hydroxyl groups is 4. The third kappa shape index (κ3) is 12.8. The standard InChI is InChI=1S/C26H56N4O8/c1-5-20(16-31)37-25(2,17-30-15-9-14-29-12-7-6-11-28-13-8-10-27)18-36-24-22(33)21(32)23(34)26(3,38-24)19-35-4/h20-24,28-34H,5-19,27H2,1-4H3/t20?,21-,22?,23-,24-,25?,26?/m1/s1. The molecule has 228 valence electrons. The normalized spacial score (nSPS) is 28.3. The number of unbranched alkanes of at least 4 members (excludes halogenated alkanes) is 1. The van der Waals surface area contributed by atoms with E-state index in [1.165, 1.54) is 7.11 Å². The molecule has 1 saturated heterocycles. The zero-order valence-corrected chi connectivity index (χ0v) is 24.0. The molecule has 1 aliphatic rings. The van der Waals surface area contributed by atoms with Crippen molar-refractivity contribution >= 4 is 0 Å². The monoisotopic (exact) mass is 552 g/mol. The van der Waals surface area contributed by atoms with Gasteiger partial charge in [0.1, 0.15) is 29.5 Å². The average molecular weight is 553 g/mol. The molecule has 1 aliphatic heterocycles. The summed E-state index contributed by atoms with van der Waals surface area (Å²) in [4.78, 5) is 0. The zero-order valence-electron chi connectivity index (χ0n) is 24.0. The van der Waals surface area contributed by atoms with Crippen LogP contribution in [0.2, 0.25) is 0 Å². The van der Waals surface area contributed by atoms with Crippen LogP contribution in [0, 0.1) is 0 Å². The van der Waals surface area contributed by atoms with Crippen molar-refractivity contribution in [3.8, 4) is 0 Å². The van der Waals surface area contributed by atoms with Gasteiger partial charge in [0.2, 0.25) is 0 Å². The smallest absolute Gasteiger partial charge is 0.187 e. The highest BCUT2D eigenvalue weighted by Crippen LogP contribution is 2.31. The summed E-state index contributed by atoms with van der Waals surface area (Å²) in [5.41, 5.74) is 3.39. The zero-order chi connectivity index (χ0) is 28.4. The van der Waals surface area contributed by atoms with Gasteiger partial charge in [-0.2, -0.15) is 0 Å². The summed E-state index contributed by atoms with van der Waals surface area (Å²) in [7, 11) is 1.46. The molecule has 38 heavy (non-hydrogen) atoms. The van der Waals surface area contributed by atoms with Crippen LogP contribution in [0.4, 0.5) is 0 Å². The Balaban J connectivity index is 2.49. The Hall–Kier alpha value is -0.480. The first-order valence-electron chi connectivity index (χ1n) is 14.1. The SMILES string of the molecule is CCC(CO)OC(C)(CNCCCNCCCCNCCCN)CO[C@@H]1OC(C)(COC)[C@H](O)[C@H](O)C1O. The van der Waals surface area contributed by atoms with Crippen LogP contribution in [0.5, 0.6) is 0 Å². The molecule has 0 spiro atoms. The van der Waals surface area contributed by atoms with Crippen LogP contribution in [0.3, 0.4) is 0 Å². The lowest BCUT2D eigenvalue weighted by atomic mass is 9.89. The van der Waals surface area contributed by atoms with Gasteiger partial charge < -0.3 is 61.1 Å². The third-order valence-electron chi connectivity index (χ3n) is 6.78. The summed E-state index contributed by atoms with van der Waals surface area (Å²) in [5, 5.41) is 51.1. The van der Waals surface area contributed by atoms with Crippen LogP contribution in [-0.4, -0.2) is 135 Å². The van der Waals surface area contributed by atoms with Crippen molar-refractivity contribution in [2.45, 2.75) is 94.8 Å². The summed E-state index contributed by atoms with van der Waals surface area (Å²) in [5.74, 6) is 0. The number of methoxy groups -OCH3 is 1. The fourth-order valence-electron chi connectivity index (χ4n) is 4.36. The van der Waals surface area contributed by atoms with E-state index in [0.29, 0.717) is 13.0 Å². The Morgan fingerprint density at radius 3 is 2.16 bits per heavy atom. The van der Waals surface area contributed by atoms with Gasteiger partial charge in [0.05, 0.1) is 25.9 Å². The van der Waals surface area contributed by atoms with Crippen LogP contribution in [0.25, 0.3) is 0 Å². The Bertz CT molecular complexity index is 591. The van der Waals surface area contributed by atoms with Crippen molar-refractivity contribution in [2.75, 3.05) is 72.7 Å². The van der Waals surface area contributed by atoms with E-state index in [9.17, 15) is 20.4 Å². The van der Waals surface area contributed by atoms with Crippen LogP contribution < -0.4 is 21.7 Å². The summed E-state index contributed by atoms with van der Waals surface area (Å²) >= 11 is 0. The second kappa shape index (κ2) is 19.6. The van der Waals surface area contributed by atoms with Gasteiger partial charge in [0, 0.05) is 13.7 Å². The number of nitrogens with one attached hydrogen (secondary N) is 3. The molecule has 0 amide bonds. The van der Waals surface area contributed by atoms with Gasteiger partial charge in [-0.15, -0.1) is 0 Å². The average Bonchev–Trinajstić information content (AvgIpc) is 2.90. The minimum absolute atomic E-state index is 0.00920. The molecule has 1 heterocycles. The molecule has 12 nitrogen and oxygen atoms in total. The molecule has 0 aromatic heterocycles. The Labute approximate surface area is 228 Å². The molecule has 1 fully saturated rings.